The van der Waals surface area contributed by atoms with E-state index >= 15 is 0 Å². The van der Waals surface area contributed by atoms with Gasteiger partial charge < -0.3 is 0 Å². The topological polar surface area (TPSA) is 0 Å². The average molecular weight is 228 g/mol. The minimum atomic E-state index is 0.907. The first-order valence-corrected chi connectivity index (χ1v) is 6.19. The molecule has 0 aliphatic heterocycles. The second-order valence-corrected chi connectivity index (χ2v) is 4.48. The Balaban J connectivity index is 2.24. The Morgan fingerprint density at radius 3 is 1.81 bits per heavy atom. The SMILES string of the molecule is Cc1ccc(-c2ccc(CCS)cc2)cc1. The van der Waals surface area contributed by atoms with Crippen molar-refractivity contribution in [2.24, 2.45) is 0 Å². The molecular formula is C15H16S. The van der Waals surface area contributed by atoms with E-state index in [0.717, 1.165) is 12.2 Å². The van der Waals surface area contributed by atoms with E-state index in [1.165, 1.54) is 22.3 Å². The summed E-state index contributed by atoms with van der Waals surface area (Å²) in [5.41, 5.74) is 5.22. The van der Waals surface area contributed by atoms with Gasteiger partial charge in [0, 0.05) is 0 Å². The molecule has 0 aromatic heterocycles. The van der Waals surface area contributed by atoms with Crippen LogP contribution in [-0.4, -0.2) is 5.75 Å². The van der Waals surface area contributed by atoms with E-state index in [4.69, 9.17) is 0 Å². The van der Waals surface area contributed by atoms with Gasteiger partial charge in [-0.1, -0.05) is 54.1 Å². The second-order valence-electron chi connectivity index (χ2n) is 4.04. The molecule has 0 nitrogen and oxygen atoms in total. The molecule has 0 radical (unpaired) electrons. The third-order valence-corrected chi connectivity index (χ3v) is 2.96. The predicted octanol–water partition coefficient (Wildman–Crippen LogP) is 4.13. The van der Waals surface area contributed by atoms with Crippen LogP contribution in [0.5, 0.6) is 0 Å². The zero-order chi connectivity index (χ0) is 11.4. The lowest BCUT2D eigenvalue weighted by atomic mass is 10.0. The Morgan fingerprint density at radius 2 is 1.31 bits per heavy atom. The van der Waals surface area contributed by atoms with Gasteiger partial charge in [-0.2, -0.15) is 12.6 Å². The van der Waals surface area contributed by atoms with Crippen LogP contribution in [0.1, 0.15) is 11.1 Å². The van der Waals surface area contributed by atoms with Crippen LogP contribution < -0.4 is 0 Å². The summed E-state index contributed by atoms with van der Waals surface area (Å²) in [5, 5.41) is 0. The number of thiol groups is 1. The molecule has 2 aromatic rings. The number of hydrogen-bond donors (Lipinski definition) is 1. The van der Waals surface area contributed by atoms with Gasteiger partial charge in [-0.3, -0.25) is 0 Å². The summed E-state index contributed by atoms with van der Waals surface area (Å²) >= 11 is 4.24. The highest BCUT2D eigenvalue weighted by Crippen LogP contribution is 2.20. The first kappa shape index (κ1) is 11.3. The molecule has 1 heteroatoms. The number of benzene rings is 2. The van der Waals surface area contributed by atoms with Crippen LogP contribution in [0, 0.1) is 6.92 Å². The average Bonchev–Trinajstić information content (AvgIpc) is 2.32. The maximum absolute atomic E-state index is 4.24. The molecule has 0 N–H and O–H groups in total. The van der Waals surface area contributed by atoms with Crippen molar-refractivity contribution in [2.75, 3.05) is 5.75 Å². The van der Waals surface area contributed by atoms with Crippen LogP contribution in [-0.2, 0) is 6.42 Å². The molecule has 0 spiro atoms. The lowest BCUT2D eigenvalue weighted by Crippen LogP contribution is -1.86. The van der Waals surface area contributed by atoms with Crippen molar-refractivity contribution in [1.82, 2.24) is 0 Å². The fraction of sp³-hybridized carbons (Fsp3) is 0.200. The Hall–Kier alpha value is -1.21. The Morgan fingerprint density at radius 1 is 0.812 bits per heavy atom. The van der Waals surface area contributed by atoms with Crippen molar-refractivity contribution in [2.45, 2.75) is 13.3 Å². The summed E-state index contributed by atoms with van der Waals surface area (Å²) in [6, 6.07) is 17.4. The summed E-state index contributed by atoms with van der Waals surface area (Å²) in [6.07, 6.45) is 1.04. The molecule has 2 rings (SSSR count). The maximum Gasteiger partial charge on any atom is -0.00574 e. The lowest BCUT2D eigenvalue weighted by molar-refractivity contribution is 1.16. The van der Waals surface area contributed by atoms with E-state index in [9.17, 15) is 0 Å². The van der Waals surface area contributed by atoms with Gasteiger partial charge in [0.1, 0.15) is 0 Å². The molecule has 2 aromatic carbocycles. The van der Waals surface area contributed by atoms with E-state index in [1.54, 1.807) is 0 Å². The quantitative estimate of drug-likeness (QED) is 0.750. The number of aryl methyl sites for hydroxylation is 2. The highest BCUT2D eigenvalue weighted by molar-refractivity contribution is 7.80. The maximum atomic E-state index is 4.24. The molecule has 0 aliphatic rings. The Kier molecular flexibility index (Phi) is 3.68. The summed E-state index contributed by atoms with van der Waals surface area (Å²) < 4.78 is 0. The molecule has 0 bridgehead atoms. The van der Waals surface area contributed by atoms with E-state index in [1.807, 2.05) is 0 Å². The normalized spacial score (nSPS) is 10.4. The van der Waals surface area contributed by atoms with Gasteiger partial charge in [0.15, 0.2) is 0 Å². The third-order valence-electron chi connectivity index (χ3n) is 2.74. The minimum Gasteiger partial charge on any atom is -0.179 e. The minimum absolute atomic E-state index is 0.907. The zero-order valence-electron chi connectivity index (χ0n) is 9.48. The van der Waals surface area contributed by atoms with Crippen LogP contribution in [0.2, 0.25) is 0 Å². The van der Waals surface area contributed by atoms with E-state index < -0.39 is 0 Å². The molecule has 0 fully saturated rings. The first-order valence-electron chi connectivity index (χ1n) is 5.56. The van der Waals surface area contributed by atoms with Crippen LogP contribution in [0.3, 0.4) is 0 Å². The summed E-state index contributed by atoms with van der Waals surface area (Å²) in [5.74, 6) is 0.907. The Bertz CT molecular complexity index is 440. The van der Waals surface area contributed by atoms with E-state index in [0.29, 0.717) is 0 Å². The van der Waals surface area contributed by atoms with Crippen molar-refractivity contribution < 1.29 is 0 Å². The van der Waals surface area contributed by atoms with Crippen molar-refractivity contribution in [3.05, 3.63) is 59.7 Å². The smallest absolute Gasteiger partial charge is 0.00574 e. The molecule has 0 amide bonds. The lowest BCUT2D eigenvalue weighted by Gasteiger charge is -2.04. The van der Waals surface area contributed by atoms with E-state index in [-0.39, 0.29) is 0 Å². The van der Waals surface area contributed by atoms with Gasteiger partial charge in [-0.05, 0) is 35.8 Å². The van der Waals surface area contributed by atoms with Gasteiger partial charge in [0.25, 0.3) is 0 Å². The van der Waals surface area contributed by atoms with Crippen LogP contribution >= 0.6 is 12.6 Å². The molecule has 82 valence electrons. The zero-order valence-corrected chi connectivity index (χ0v) is 10.4. The summed E-state index contributed by atoms with van der Waals surface area (Å²) in [7, 11) is 0. The fourth-order valence-electron chi connectivity index (χ4n) is 1.74. The van der Waals surface area contributed by atoms with Crippen LogP contribution in [0.4, 0.5) is 0 Å². The molecule has 0 saturated heterocycles. The predicted molar refractivity (Wildman–Crippen MR) is 74.2 cm³/mol. The first-order chi connectivity index (χ1) is 7.79. The van der Waals surface area contributed by atoms with Gasteiger partial charge in [0.05, 0.1) is 0 Å². The summed E-state index contributed by atoms with van der Waals surface area (Å²) in [4.78, 5) is 0. The van der Waals surface area contributed by atoms with Gasteiger partial charge >= 0.3 is 0 Å². The van der Waals surface area contributed by atoms with Crippen molar-refractivity contribution in [3.8, 4) is 11.1 Å². The molecule has 0 saturated carbocycles. The van der Waals surface area contributed by atoms with Crippen LogP contribution in [0.15, 0.2) is 48.5 Å². The van der Waals surface area contributed by atoms with Crippen molar-refractivity contribution in [1.29, 1.82) is 0 Å². The Labute approximate surface area is 103 Å². The monoisotopic (exact) mass is 228 g/mol. The van der Waals surface area contributed by atoms with Gasteiger partial charge in [0.2, 0.25) is 0 Å². The molecule has 0 atom stereocenters. The van der Waals surface area contributed by atoms with Gasteiger partial charge in [-0.15, -0.1) is 0 Å². The molecule has 0 aliphatic carbocycles. The van der Waals surface area contributed by atoms with E-state index in [2.05, 4.69) is 68.1 Å². The molecule has 0 unspecified atom stereocenters. The number of hydrogen-bond acceptors (Lipinski definition) is 1. The molecule has 0 heterocycles. The fourth-order valence-corrected chi connectivity index (χ4v) is 2.00. The molecular weight excluding hydrogens is 212 g/mol. The molecule has 16 heavy (non-hydrogen) atoms. The summed E-state index contributed by atoms with van der Waals surface area (Å²) in [6.45, 7) is 2.11. The largest absolute Gasteiger partial charge is 0.179 e. The second kappa shape index (κ2) is 5.22. The highest BCUT2D eigenvalue weighted by Gasteiger charge is 1.97. The number of rotatable bonds is 3. The van der Waals surface area contributed by atoms with Crippen molar-refractivity contribution in [3.63, 3.8) is 0 Å². The van der Waals surface area contributed by atoms with Gasteiger partial charge in [-0.25, -0.2) is 0 Å². The van der Waals surface area contributed by atoms with Crippen molar-refractivity contribution >= 4 is 12.6 Å². The van der Waals surface area contributed by atoms with Crippen LogP contribution in [0.25, 0.3) is 11.1 Å². The third kappa shape index (κ3) is 2.67. The standard InChI is InChI=1S/C15H16S/c1-12-2-6-14(7-3-12)15-8-4-13(5-9-15)10-11-16/h2-9,16H,10-11H2,1H3. The highest BCUT2D eigenvalue weighted by atomic mass is 32.1.